The highest BCUT2D eigenvalue weighted by molar-refractivity contribution is 7.22. The molecule has 3 heterocycles. The van der Waals surface area contributed by atoms with Crippen LogP contribution in [0.25, 0.3) is 21.2 Å². The summed E-state index contributed by atoms with van der Waals surface area (Å²) in [6.07, 6.45) is 3.00. The second kappa shape index (κ2) is 13.8. The van der Waals surface area contributed by atoms with Gasteiger partial charge in [0.1, 0.15) is 5.75 Å². The number of aliphatic hydroxyl groups excluding tert-OH is 1. The van der Waals surface area contributed by atoms with E-state index in [0.29, 0.717) is 70.0 Å². The maximum atomic E-state index is 14.3. The van der Waals surface area contributed by atoms with E-state index in [1.807, 2.05) is 32.0 Å². The second-order valence-corrected chi connectivity index (χ2v) is 11.9. The number of ketones is 1. The van der Waals surface area contributed by atoms with Crippen molar-refractivity contribution in [1.82, 2.24) is 4.98 Å². The Labute approximate surface area is 276 Å². The molecule has 5 aromatic rings. The number of ether oxygens (including phenoxy) is 4. The summed E-state index contributed by atoms with van der Waals surface area (Å²) >= 11 is 1.26. The number of unbranched alkanes of at least 4 members (excludes halogenated alkanes) is 2. The second-order valence-electron chi connectivity index (χ2n) is 10.9. The number of furan rings is 1. The van der Waals surface area contributed by atoms with Crippen LogP contribution in [0.5, 0.6) is 23.0 Å². The zero-order valence-electron chi connectivity index (χ0n) is 26.7. The summed E-state index contributed by atoms with van der Waals surface area (Å²) in [5.41, 5.74) is 1.42. The molecule has 0 radical (unpaired) electrons. The molecule has 1 amide bonds. The molecule has 0 aliphatic carbocycles. The van der Waals surface area contributed by atoms with E-state index in [0.717, 1.165) is 24.0 Å². The van der Waals surface area contributed by atoms with Crippen LogP contribution in [0.15, 0.2) is 76.4 Å². The Hall–Kier alpha value is -5.03. The van der Waals surface area contributed by atoms with E-state index in [2.05, 4.69) is 6.92 Å². The van der Waals surface area contributed by atoms with Crippen LogP contribution in [-0.4, -0.2) is 48.7 Å². The van der Waals surface area contributed by atoms with Crippen LogP contribution in [0.1, 0.15) is 62.2 Å². The molecule has 0 spiro atoms. The van der Waals surface area contributed by atoms with Gasteiger partial charge in [0.15, 0.2) is 39.5 Å². The fraction of sp³-hybridized carbons (Fsp3) is 0.306. The van der Waals surface area contributed by atoms with Crippen molar-refractivity contribution in [2.24, 2.45) is 0 Å². The molecule has 11 heteroatoms. The van der Waals surface area contributed by atoms with Crippen LogP contribution >= 0.6 is 11.3 Å². The average Bonchev–Trinajstić information content (AvgIpc) is 3.77. The van der Waals surface area contributed by atoms with Crippen molar-refractivity contribution in [2.75, 3.05) is 31.8 Å². The first-order valence-corrected chi connectivity index (χ1v) is 16.5. The molecule has 0 saturated heterocycles. The minimum Gasteiger partial charge on any atom is -0.503 e. The fourth-order valence-corrected chi connectivity index (χ4v) is 6.68. The average molecular weight is 657 g/mol. The number of methoxy groups -OCH3 is 1. The van der Waals surface area contributed by atoms with Crippen molar-refractivity contribution in [1.29, 1.82) is 0 Å². The third-order valence-corrected chi connectivity index (χ3v) is 8.88. The Morgan fingerprint density at radius 1 is 0.957 bits per heavy atom. The SMILES string of the molecule is CCCCCOc1ccc(C2C(C(=O)c3cc4cccc(OC)c4o3)=C(O)C(=O)N2c2nc3ccc(OCC)cc3s2)cc1OCC. The standard InChI is InChI=1S/C36H36N2O8S/c1-5-8-9-17-45-25-16-13-21(18-27(25)44-7-3)31-30(32(39)28-19-22-11-10-12-26(42-4)34(22)46-28)33(40)35(41)38(31)36-37-24-15-14-23(43-6-2)20-29(24)47-36/h10-16,18-20,31,40H,5-9,17H2,1-4H3. The van der Waals surface area contributed by atoms with Crippen molar-refractivity contribution in [3.63, 3.8) is 0 Å². The van der Waals surface area contributed by atoms with Gasteiger partial charge in [0.05, 0.1) is 48.8 Å². The highest BCUT2D eigenvalue weighted by Crippen LogP contribution is 2.46. The van der Waals surface area contributed by atoms with Gasteiger partial charge in [0.25, 0.3) is 5.91 Å². The molecule has 10 nitrogen and oxygen atoms in total. The van der Waals surface area contributed by atoms with Gasteiger partial charge in [-0.3, -0.25) is 14.5 Å². The zero-order valence-corrected chi connectivity index (χ0v) is 27.5. The van der Waals surface area contributed by atoms with Crippen molar-refractivity contribution in [2.45, 2.75) is 46.1 Å². The van der Waals surface area contributed by atoms with E-state index < -0.39 is 23.5 Å². The predicted octanol–water partition coefficient (Wildman–Crippen LogP) is 8.20. The number of carbonyl (C=O) groups excluding carboxylic acids is 2. The number of rotatable bonds is 14. The number of hydrogen-bond donors (Lipinski definition) is 1. The van der Waals surface area contributed by atoms with Gasteiger partial charge in [-0.25, -0.2) is 4.98 Å². The largest absolute Gasteiger partial charge is 0.503 e. The molecule has 6 rings (SSSR count). The first-order valence-electron chi connectivity index (χ1n) is 15.7. The number of aromatic nitrogens is 1. The lowest BCUT2D eigenvalue weighted by molar-refractivity contribution is -0.117. The molecule has 1 aliphatic rings. The van der Waals surface area contributed by atoms with Crippen LogP contribution in [0.3, 0.4) is 0 Å². The number of anilines is 1. The van der Waals surface area contributed by atoms with Crippen LogP contribution in [-0.2, 0) is 4.79 Å². The number of amides is 1. The Morgan fingerprint density at radius 2 is 1.79 bits per heavy atom. The number of hydrogen-bond acceptors (Lipinski definition) is 10. The normalized spacial score (nSPS) is 14.8. The number of Topliss-reactive ketones (excluding diaryl/α,β-unsaturated/α-hetero) is 1. The van der Waals surface area contributed by atoms with Gasteiger partial charge in [0, 0.05) is 5.39 Å². The lowest BCUT2D eigenvalue weighted by atomic mass is 9.95. The Bertz CT molecular complexity index is 1980. The minimum absolute atomic E-state index is 0.0442. The van der Waals surface area contributed by atoms with Crippen molar-refractivity contribution < 1.29 is 38.1 Å². The quantitative estimate of drug-likeness (QED) is 0.0931. The number of thiazole rings is 1. The van der Waals surface area contributed by atoms with Crippen LogP contribution in [0.4, 0.5) is 5.13 Å². The molecule has 3 aromatic carbocycles. The number of aliphatic hydroxyl groups is 1. The van der Waals surface area contributed by atoms with Gasteiger partial charge in [0.2, 0.25) is 5.78 Å². The van der Waals surface area contributed by atoms with Gasteiger partial charge >= 0.3 is 0 Å². The topological polar surface area (TPSA) is 121 Å². The maximum absolute atomic E-state index is 14.3. The first kappa shape index (κ1) is 31.9. The first-order chi connectivity index (χ1) is 22.9. The number of benzene rings is 3. The number of nitrogens with zero attached hydrogens (tertiary/aromatic N) is 2. The van der Waals surface area contributed by atoms with E-state index >= 15 is 0 Å². The molecular weight excluding hydrogens is 620 g/mol. The van der Waals surface area contributed by atoms with Crippen LogP contribution in [0, 0.1) is 0 Å². The monoisotopic (exact) mass is 656 g/mol. The number of para-hydroxylation sites is 1. The van der Waals surface area contributed by atoms with Crippen molar-refractivity contribution >= 4 is 49.3 Å². The maximum Gasteiger partial charge on any atom is 0.296 e. The van der Waals surface area contributed by atoms with Crippen LogP contribution in [0.2, 0.25) is 0 Å². The summed E-state index contributed by atoms with van der Waals surface area (Å²) in [4.78, 5) is 34.3. The Balaban J connectivity index is 1.47. The fourth-order valence-electron chi connectivity index (χ4n) is 5.66. The van der Waals surface area contributed by atoms with Gasteiger partial charge in [-0.05, 0) is 68.3 Å². The smallest absolute Gasteiger partial charge is 0.296 e. The summed E-state index contributed by atoms with van der Waals surface area (Å²) in [6.45, 7) is 7.29. The predicted molar refractivity (Wildman–Crippen MR) is 180 cm³/mol. The van der Waals surface area contributed by atoms with Crippen LogP contribution < -0.4 is 23.8 Å². The van der Waals surface area contributed by atoms with E-state index in [1.54, 1.807) is 42.5 Å². The van der Waals surface area contributed by atoms with Crippen molar-refractivity contribution in [3.8, 4) is 23.0 Å². The van der Waals surface area contributed by atoms with Gasteiger partial charge in [-0.1, -0.05) is 49.3 Å². The Morgan fingerprint density at radius 3 is 2.55 bits per heavy atom. The highest BCUT2D eigenvalue weighted by Gasteiger charge is 2.47. The molecule has 47 heavy (non-hydrogen) atoms. The van der Waals surface area contributed by atoms with Crippen molar-refractivity contribution in [3.05, 3.63) is 83.3 Å². The zero-order chi connectivity index (χ0) is 33.1. The van der Waals surface area contributed by atoms with E-state index in [-0.39, 0.29) is 11.3 Å². The molecule has 1 unspecified atom stereocenters. The minimum atomic E-state index is -1.05. The van der Waals surface area contributed by atoms with Gasteiger partial charge < -0.3 is 28.5 Å². The molecule has 1 N–H and O–H groups in total. The molecule has 0 fully saturated rings. The summed E-state index contributed by atoms with van der Waals surface area (Å²) in [6, 6.07) is 16.6. The summed E-state index contributed by atoms with van der Waals surface area (Å²) in [7, 11) is 1.51. The van der Waals surface area contributed by atoms with Gasteiger partial charge in [-0.2, -0.15) is 0 Å². The summed E-state index contributed by atoms with van der Waals surface area (Å²) < 4.78 is 29.9. The Kier molecular flexibility index (Phi) is 9.35. The van der Waals surface area contributed by atoms with E-state index in [1.165, 1.54) is 23.3 Å². The lowest BCUT2D eigenvalue weighted by Gasteiger charge is -2.25. The molecule has 2 aromatic heterocycles. The number of fused-ring (bicyclic) bond motifs is 2. The highest BCUT2D eigenvalue weighted by atomic mass is 32.1. The molecule has 0 saturated carbocycles. The molecule has 1 atom stereocenters. The van der Waals surface area contributed by atoms with E-state index in [9.17, 15) is 14.7 Å². The molecular formula is C36H36N2O8S. The summed E-state index contributed by atoms with van der Waals surface area (Å²) in [5, 5.41) is 12.4. The third kappa shape index (κ3) is 6.10. The summed E-state index contributed by atoms with van der Waals surface area (Å²) in [5.74, 6) is 0.0254. The lowest BCUT2D eigenvalue weighted by Crippen LogP contribution is -2.31. The number of carbonyl (C=O) groups is 2. The molecule has 0 bridgehead atoms. The molecule has 1 aliphatic heterocycles. The molecule has 244 valence electrons. The third-order valence-electron chi connectivity index (χ3n) is 7.86. The van der Waals surface area contributed by atoms with E-state index in [4.69, 9.17) is 28.3 Å². The van der Waals surface area contributed by atoms with Gasteiger partial charge in [-0.15, -0.1) is 0 Å².